The van der Waals surface area contributed by atoms with Gasteiger partial charge in [-0.1, -0.05) is 272 Å². The molecule has 73 heavy (non-hydrogen) atoms. The lowest BCUT2D eigenvalue weighted by atomic mass is 10.0. The Morgan fingerprint density at radius 2 is 0.534 bits per heavy atom. The molecule has 0 aliphatic heterocycles. The van der Waals surface area contributed by atoms with Crippen LogP contribution in [0.3, 0.4) is 0 Å². The minimum absolute atomic E-state index is 0.0846. The van der Waals surface area contributed by atoms with Crippen LogP contribution in [0.1, 0.15) is 290 Å². The molecule has 6 heteroatoms. The Morgan fingerprint density at radius 3 is 0.836 bits per heavy atom. The fourth-order valence-corrected chi connectivity index (χ4v) is 8.54. The largest absolute Gasteiger partial charge is 0.462 e. The van der Waals surface area contributed by atoms with Gasteiger partial charge in [0.05, 0.1) is 0 Å². The molecule has 0 spiro atoms. The second-order valence-electron chi connectivity index (χ2n) is 20.2. The first-order chi connectivity index (χ1) is 36.0. The van der Waals surface area contributed by atoms with E-state index in [-0.39, 0.29) is 31.1 Å². The van der Waals surface area contributed by atoms with Crippen molar-refractivity contribution in [3.05, 3.63) is 97.2 Å². The van der Waals surface area contributed by atoms with Crippen LogP contribution in [0.2, 0.25) is 0 Å². The van der Waals surface area contributed by atoms with Gasteiger partial charge in [0.25, 0.3) is 0 Å². The van der Waals surface area contributed by atoms with E-state index >= 15 is 0 Å². The van der Waals surface area contributed by atoms with Crippen molar-refractivity contribution in [2.24, 2.45) is 0 Å². The van der Waals surface area contributed by atoms with Gasteiger partial charge in [-0.2, -0.15) is 0 Å². The number of carbonyl (C=O) groups excluding carboxylic acids is 3. The van der Waals surface area contributed by atoms with Crippen molar-refractivity contribution in [1.82, 2.24) is 0 Å². The van der Waals surface area contributed by atoms with E-state index in [1.165, 1.54) is 128 Å². The van der Waals surface area contributed by atoms with Gasteiger partial charge in [-0.05, 0) is 96.3 Å². The molecule has 1 unspecified atom stereocenters. The van der Waals surface area contributed by atoms with E-state index in [9.17, 15) is 14.4 Å². The Labute approximate surface area is 451 Å². The minimum atomic E-state index is -0.788. The zero-order valence-electron chi connectivity index (χ0n) is 47.9. The average Bonchev–Trinajstić information content (AvgIpc) is 3.39. The molecular formula is C67H114O6. The van der Waals surface area contributed by atoms with Crippen LogP contribution in [0, 0.1) is 0 Å². The Kier molecular flexibility index (Phi) is 57.8. The number of esters is 3. The second-order valence-corrected chi connectivity index (χ2v) is 20.2. The Bertz CT molecular complexity index is 1440. The molecule has 0 fully saturated rings. The number of rotatable bonds is 55. The van der Waals surface area contributed by atoms with Crippen LogP contribution in [-0.2, 0) is 28.6 Å². The smallest absolute Gasteiger partial charge is 0.306 e. The normalized spacial score (nSPS) is 12.8. The fourth-order valence-electron chi connectivity index (χ4n) is 8.54. The van der Waals surface area contributed by atoms with Crippen molar-refractivity contribution in [2.75, 3.05) is 13.2 Å². The predicted molar refractivity (Wildman–Crippen MR) is 316 cm³/mol. The molecule has 0 aromatic heterocycles. The van der Waals surface area contributed by atoms with Gasteiger partial charge in [-0.25, -0.2) is 0 Å². The molecule has 0 radical (unpaired) electrons. The second kappa shape index (κ2) is 60.9. The molecule has 0 heterocycles. The zero-order chi connectivity index (χ0) is 52.9. The predicted octanol–water partition coefficient (Wildman–Crippen LogP) is 20.9. The molecule has 1 atom stereocenters. The summed E-state index contributed by atoms with van der Waals surface area (Å²) in [7, 11) is 0. The van der Waals surface area contributed by atoms with Gasteiger partial charge in [0, 0.05) is 19.3 Å². The minimum Gasteiger partial charge on any atom is -0.462 e. The average molecular weight is 1020 g/mol. The van der Waals surface area contributed by atoms with Gasteiger partial charge in [0.15, 0.2) is 6.10 Å². The van der Waals surface area contributed by atoms with Crippen molar-refractivity contribution in [3.63, 3.8) is 0 Å². The van der Waals surface area contributed by atoms with Crippen LogP contribution in [0.4, 0.5) is 0 Å². The maximum atomic E-state index is 12.8. The van der Waals surface area contributed by atoms with Crippen molar-refractivity contribution >= 4 is 17.9 Å². The summed E-state index contributed by atoms with van der Waals surface area (Å²) >= 11 is 0. The van der Waals surface area contributed by atoms with Crippen molar-refractivity contribution in [2.45, 2.75) is 297 Å². The molecule has 0 amide bonds. The van der Waals surface area contributed by atoms with Crippen LogP contribution in [0.25, 0.3) is 0 Å². The Hall–Kier alpha value is -3.67. The summed E-state index contributed by atoms with van der Waals surface area (Å²) in [5.74, 6) is -0.904. The van der Waals surface area contributed by atoms with E-state index < -0.39 is 6.10 Å². The van der Waals surface area contributed by atoms with E-state index in [1.54, 1.807) is 0 Å². The number of unbranched alkanes of at least 4 members (excludes halogenated alkanes) is 28. The quantitative estimate of drug-likeness (QED) is 0.0261. The molecule has 6 nitrogen and oxygen atoms in total. The first-order valence-electron chi connectivity index (χ1n) is 30.7. The molecule has 0 bridgehead atoms. The number of hydrogen-bond donors (Lipinski definition) is 0. The molecule has 418 valence electrons. The summed E-state index contributed by atoms with van der Waals surface area (Å²) < 4.78 is 16.8. The standard InChI is InChI=1S/C67H114O6/c1-4-7-10-13-16-19-21-23-25-27-28-29-30-31-32-33-34-35-36-37-38-40-41-43-45-48-51-54-57-60-66(69)72-63-64(62-71-65(68)59-56-53-50-47-18-15-12-9-6-3)73-67(70)61-58-55-52-49-46-44-42-39-26-24-22-20-17-14-11-8-5-2/h7-8,10-11,16-17,19-20,23-26,28-29,42,44,64H,4-6,9,12-15,18,21-22,27,30-41,43,45-63H2,1-3H3/b10-7-,11-8-,19-16-,20-17-,25-23-,26-24-,29-28-,44-42-. The third kappa shape index (κ3) is 59.1. The third-order valence-corrected chi connectivity index (χ3v) is 13.1. The van der Waals surface area contributed by atoms with Gasteiger partial charge >= 0.3 is 17.9 Å². The zero-order valence-corrected chi connectivity index (χ0v) is 47.9. The molecule has 0 saturated carbocycles. The molecule has 0 rings (SSSR count). The number of allylic oxidation sites excluding steroid dienone is 16. The summed E-state index contributed by atoms with van der Waals surface area (Å²) in [5, 5.41) is 0. The topological polar surface area (TPSA) is 78.9 Å². The van der Waals surface area contributed by atoms with Crippen molar-refractivity contribution in [1.29, 1.82) is 0 Å². The van der Waals surface area contributed by atoms with E-state index in [0.717, 1.165) is 122 Å². The number of hydrogen-bond acceptors (Lipinski definition) is 6. The van der Waals surface area contributed by atoms with Crippen LogP contribution < -0.4 is 0 Å². The lowest BCUT2D eigenvalue weighted by molar-refractivity contribution is -0.167. The van der Waals surface area contributed by atoms with Gasteiger partial charge in [-0.3, -0.25) is 14.4 Å². The molecule has 0 aliphatic rings. The van der Waals surface area contributed by atoms with Crippen LogP contribution in [0.15, 0.2) is 97.2 Å². The monoisotopic (exact) mass is 1010 g/mol. The number of ether oxygens (including phenoxy) is 3. The van der Waals surface area contributed by atoms with Crippen LogP contribution in [0.5, 0.6) is 0 Å². The summed E-state index contributed by atoms with van der Waals surface area (Å²) in [6.45, 7) is 6.39. The molecular weight excluding hydrogens is 901 g/mol. The maximum Gasteiger partial charge on any atom is 0.306 e. The fraction of sp³-hybridized carbons (Fsp3) is 0.716. The molecule has 0 aliphatic carbocycles. The molecule has 0 aromatic carbocycles. The molecule has 0 saturated heterocycles. The van der Waals surface area contributed by atoms with Gasteiger partial charge < -0.3 is 14.2 Å². The van der Waals surface area contributed by atoms with Gasteiger partial charge in [0.1, 0.15) is 13.2 Å². The highest BCUT2D eigenvalue weighted by Crippen LogP contribution is 2.16. The van der Waals surface area contributed by atoms with E-state index in [1.807, 2.05) is 0 Å². The highest BCUT2D eigenvalue weighted by atomic mass is 16.6. The van der Waals surface area contributed by atoms with Crippen LogP contribution >= 0.6 is 0 Å². The Morgan fingerprint density at radius 1 is 0.288 bits per heavy atom. The van der Waals surface area contributed by atoms with E-state index in [2.05, 4.69) is 118 Å². The van der Waals surface area contributed by atoms with Gasteiger partial charge in [-0.15, -0.1) is 0 Å². The first-order valence-corrected chi connectivity index (χ1v) is 30.7. The number of carbonyl (C=O) groups is 3. The van der Waals surface area contributed by atoms with E-state index in [4.69, 9.17) is 14.2 Å². The van der Waals surface area contributed by atoms with Crippen molar-refractivity contribution in [3.8, 4) is 0 Å². The van der Waals surface area contributed by atoms with Crippen LogP contribution in [-0.4, -0.2) is 37.2 Å². The highest BCUT2D eigenvalue weighted by molar-refractivity contribution is 5.71. The SMILES string of the molecule is CC/C=C\C/C=C\C/C=C\C/C=C\CCCCCCCCCCCCCCCCCCC(=O)OCC(COC(=O)CCCCCCCCCCC)OC(=O)CCCCCC/C=C\C/C=C\C/C=C\C/C=C\CC. The lowest BCUT2D eigenvalue weighted by Gasteiger charge is -2.18. The summed E-state index contributed by atoms with van der Waals surface area (Å²) in [5.41, 5.74) is 0. The van der Waals surface area contributed by atoms with Gasteiger partial charge in [0.2, 0.25) is 0 Å². The first kappa shape index (κ1) is 69.3. The summed E-state index contributed by atoms with van der Waals surface area (Å²) in [6, 6.07) is 0. The van der Waals surface area contributed by atoms with E-state index in [0.29, 0.717) is 19.3 Å². The third-order valence-electron chi connectivity index (χ3n) is 13.1. The van der Waals surface area contributed by atoms with Crippen molar-refractivity contribution < 1.29 is 28.6 Å². The highest BCUT2D eigenvalue weighted by Gasteiger charge is 2.19. The summed E-state index contributed by atoms with van der Waals surface area (Å²) in [4.78, 5) is 38.1. The summed E-state index contributed by atoms with van der Waals surface area (Å²) in [6.07, 6.45) is 81.4. The Balaban J connectivity index is 4.17. The lowest BCUT2D eigenvalue weighted by Crippen LogP contribution is -2.30. The molecule has 0 N–H and O–H groups in total. The maximum absolute atomic E-state index is 12.8. The molecule has 0 aromatic rings.